The standard InChI is InChI=1S/C29H31N7O3/c1-20(37)31-22-9-11-23(12-10-22)32-28(38)18-21-19-36(25-7-3-2-6-24(21)25)27-14-13-26(33-34-27)30-15-5-17-35-16-4-8-29(35)39/h2-3,6-7,9-14,19H,4-5,8,15-18H2,1H3,(H,30,33)(H,31,37)(H,32,38). The lowest BCUT2D eigenvalue weighted by Gasteiger charge is -2.15. The molecule has 0 bridgehead atoms. The van der Waals surface area contributed by atoms with E-state index in [4.69, 9.17) is 0 Å². The van der Waals surface area contributed by atoms with Crippen molar-refractivity contribution < 1.29 is 14.4 Å². The molecule has 1 aliphatic heterocycles. The highest BCUT2D eigenvalue weighted by molar-refractivity contribution is 5.96. The molecule has 10 heteroatoms. The Balaban J connectivity index is 1.23. The van der Waals surface area contributed by atoms with Crippen LogP contribution < -0.4 is 16.0 Å². The summed E-state index contributed by atoms with van der Waals surface area (Å²) < 4.78 is 1.94. The van der Waals surface area contributed by atoms with Gasteiger partial charge in [0.05, 0.1) is 11.9 Å². The van der Waals surface area contributed by atoms with Crippen molar-refractivity contribution in [3.63, 3.8) is 0 Å². The predicted molar refractivity (Wildman–Crippen MR) is 151 cm³/mol. The molecule has 5 rings (SSSR count). The maximum absolute atomic E-state index is 12.9. The Morgan fingerprint density at radius 1 is 0.949 bits per heavy atom. The Hall–Kier alpha value is -4.73. The summed E-state index contributed by atoms with van der Waals surface area (Å²) in [5.74, 6) is 1.27. The minimum atomic E-state index is -0.148. The molecule has 3 amide bonds. The van der Waals surface area contributed by atoms with Crippen LogP contribution in [-0.2, 0) is 20.8 Å². The first-order valence-electron chi connectivity index (χ1n) is 13.1. The topological polar surface area (TPSA) is 121 Å². The molecule has 3 heterocycles. The lowest BCUT2D eigenvalue weighted by atomic mass is 10.1. The number of nitrogens with zero attached hydrogens (tertiary/aromatic N) is 4. The summed E-state index contributed by atoms with van der Waals surface area (Å²) in [6.07, 6.45) is 4.58. The summed E-state index contributed by atoms with van der Waals surface area (Å²) in [7, 11) is 0. The van der Waals surface area contributed by atoms with Crippen LogP contribution in [0, 0.1) is 0 Å². The molecule has 0 saturated carbocycles. The highest BCUT2D eigenvalue weighted by atomic mass is 16.2. The molecule has 39 heavy (non-hydrogen) atoms. The monoisotopic (exact) mass is 525 g/mol. The summed E-state index contributed by atoms with van der Waals surface area (Å²) >= 11 is 0. The lowest BCUT2D eigenvalue weighted by molar-refractivity contribution is -0.127. The molecule has 1 saturated heterocycles. The van der Waals surface area contributed by atoms with Gasteiger partial charge in [0.15, 0.2) is 5.82 Å². The first-order chi connectivity index (χ1) is 19.0. The van der Waals surface area contributed by atoms with E-state index in [1.54, 1.807) is 24.3 Å². The highest BCUT2D eigenvalue weighted by Gasteiger charge is 2.19. The minimum absolute atomic E-state index is 0.147. The molecule has 10 nitrogen and oxygen atoms in total. The molecule has 0 aliphatic carbocycles. The Labute approximate surface area is 226 Å². The van der Waals surface area contributed by atoms with Crippen LogP contribution in [0.3, 0.4) is 0 Å². The van der Waals surface area contributed by atoms with E-state index < -0.39 is 0 Å². The highest BCUT2D eigenvalue weighted by Crippen LogP contribution is 2.25. The van der Waals surface area contributed by atoms with Gasteiger partial charge in [-0.2, -0.15) is 0 Å². The fourth-order valence-corrected chi connectivity index (χ4v) is 4.77. The van der Waals surface area contributed by atoms with Crippen LogP contribution in [0.25, 0.3) is 16.7 Å². The largest absolute Gasteiger partial charge is 0.369 e. The molecule has 1 aliphatic rings. The fourth-order valence-electron chi connectivity index (χ4n) is 4.77. The maximum Gasteiger partial charge on any atom is 0.228 e. The zero-order valence-electron chi connectivity index (χ0n) is 21.8. The van der Waals surface area contributed by atoms with Gasteiger partial charge in [-0.05, 0) is 60.9 Å². The second kappa shape index (κ2) is 11.8. The minimum Gasteiger partial charge on any atom is -0.369 e. The number of rotatable bonds is 10. The van der Waals surface area contributed by atoms with Gasteiger partial charge in [-0.3, -0.25) is 19.0 Å². The number of hydrogen-bond acceptors (Lipinski definition) is 6. The number of benzene rings is 2. The van der Waals surface area contributed by atoms with Gasteiger partial charge in [-0.15, -0.1) is 10.2 Å². The van der Waals surface area contributed by atoms with Crippen molar-refractivity contribution in [1.82, 2.24) is 19.7 Å². The van der Waals surface area contributed by atoms with Crippen LogP contribution in [0.5, 0.6) is 0 Å². The normalized spacial score (nSPS) is 13.1. The smallest absolute Gasteiger partial charge is 0.228 e. The molecule has 0 unspecified atom stereocenters. The number of para-hydroxylation sites is 1. The molecule has 200 valence electrons. The van der Waals surface area contributed by atoms with E-state index >= 15 is 0 Å². The van der Waals surface area contributed by atoms with E-state index in [2.05, 4.69) is 26.1 Å². The number of amides is 3. The summed E-state index contributed by atoms with van der Waals surface area (Å²) in [6, 6.07) is 18.7. The van der Waals surface area contributed by atoms with Crippen LogP contribution in [0.2, 0.25) is 0 Å². The molecule has 0 atom stereocenters. The van der Waals surface area contributed by atoms with Crippen molar-refractivity contribution in [2.75, 3.05) is 35.6 Å². The number of carbonyl (C=O) groups excluding carboxylic acids is 3. The first kappa shape index (κ1) is 25.9. The van der Waals surface area contributed by atoms with E-state index in [1.165, 1.54) is 6.92 Å². The molecular formula is C29H31N7O3. The summed E-state index contributed by atoms with van der Waals surface area (Å²) in [4.78, 5) is 37.7. The quantitative estimate of drug-likeness (QED) is 0.269. The Kier molecular flexibility index (Phi) is 7.81. The molecule has 0 spiro atoms. The van der Waals surface area contributed by atoms with Crippen molar-refractivity contribution in [3.05, 3.63) is 72.4 Å². The average molecular weight is 526 g/mol. The Bertz CT molecular complexity index is 1480. The molecule has 4 aromatic rings. The number of likely N-dealkylation sites (tertiary alicyclic amines) is 1. The number of carbonyl (C=O) groups is 3. The molecule has 3 N–H and O–H groups in total. The van der Waals surface area contributed by atoms with Gasteiger partial charge in [0, 0.05) is 55.9 Å². The van der Waals surface area contributed by atoms with Crippen LogP contribution >= 0.6 is 0 Å². The number of hydrogen-bond donors (Lipinski definition) is 3. The number of anilines is 3. The van der Waals surface area contributed by atoms with Gasteiger partial charge in [0.25, 0.3) is 0 Å². The molecule has 1 fully saturated rings. The van der Waals surface area contributed by atoms with Gasteiger partial charge in [-0.1, -0.05) is 18.2 Å². The Morgan fingerprint density at radius 2 is 1.72 bits per heavy atom. The van der Waals surface area contributed by atoms with Crippen molar-refractivity contribution in [3.8, 4) is 5.82 Å². The second-order valence-corrected chi connectivity index (χ2v) is 9.57. The van der Waals surface area contributed by atoms with E-state index in [-0.39, 0.29) is 24.1 Å². The summed E-state index contributed by atoms with van der Waals surface area (Å²) in [5, 5.41) is 18.6. The number of aromatic nitrogens is 3. The van der Waals surface area contributed by atoms with Crippen LogP contribution in [0.1, 0.15) is 31.7 Å². The third kappa shape index (κ3) is 6.40. The van der Waals surface area contributed by atoms with E-state index in [1.807, 2.05) is 52.1 Å². The fraction of sp³-hybridized carbons (Fsp3) is 0.276. The summed E-state index contributed by atoms with van der Waals surface area (Å²) in [6.45, 7) is 3.77. The van der Waals surface area contributed by atoms with Gasteiger partial charge >= 0.3 is 0 Å². The van der Waals surface area contributed by atoms with E-state index in [0.717, 1.165) is 42.4 Å². The SMILES string of the molecule is CC(=O)Nc1ccc(NC(=O)Cc2cn(-c3ccc(NCCCN4CCCC4=O)nn3)c3ccccc23)cc1. The first-order valence-corrected chi connectivity index (χ1v) is 13.1. The maximum atomic E-state index is 12.9. The predicted octanol–water partition coefficient (Wildman–Crippen LogP) is 3.98. The number of fused-ring (bicyclic) bond motifs is 1. The van der Waals surface area contributed by atoms with Crippen molar-refractivity contribution in [2.45, 2.75) is 32.6 Å². The van der Waals surface area contributed by atoms with Gasteiger partial charge in [-0.25, -0.2) is 0 Å². The third-order valence-electron chi connectivity index (χ3n) is 6.61. The molecule has 0 radical (unpaired) electrons. The summed E-state index contributed by atoms with van der Waals surface area (Å²) in [5.41, 5.74) is 3.13. The zero-order valence-corrected chi connectivity index (χ0v) is 21.8. The van der Waals surface area contributed by atoms with Crippen LogP contribution in [0.15, 0.2) is 66.9 Å². The molecular weight excluding hydrogens is 494 g/mol. The van der Waals surface area contributed by atoms with E-state index in [0.29, 0.717) is 36.0 Å². The van der Waals surface area contributed by atoms with Crippen molar-refractivity contribution in [2.24, 2.45) is 0 Å². The van der Waals surface area contributed by atoms with Gasteiger partial charge in [0.1, 0.15) is 5.82 Å². The molecule has 2 aromatic carbocycles. The van der Waals surface area contributed by atoms with Crippen LogP contribution in [-0.4, -0.2) is 57.0 Å². The second-order valence-electron chi connectivity index (χ2n) is 9.57. The molecule has 2 aromatic heterocycles. The Morgan fingerprint density at radius 3 is 2.41 bits per heavy atom. The van der Waals surface area contributed by atoms with Crippen molar-refractivity contribution in [1.29, 1.82) is 0 Å². The number of nitrogens with one attached hydrogen (secondary N) is 3. The third-order valence-corrected chi connectivity index (χ3v) is 6.61. The van der Waals surface area contributed by atoms with Gasteiger partial charge in [0.2, 0.25) is 17.7 Å². The van der Waals surface area contributed by atoms with Crippen molar-refractivity contribution >= 4 is 45.8 Å². The average Bonchev–Trinajstić information content (AvgIpc) is 3.51. The van der Waals surface area contributed by atoms with E-state index in [9.17, 15) is 14.4 Å². The van der Waals surface area contributed by atoms with Crippen LogP contribution in [0.4, 0.5) is 17.2 Å². The van der Waals surface area contributed by atoms with Gasteiger partial charge < -0.3 is 20.9 Å². The lowest BCUT2D eigenvalue weighted by Crippen LogP contribution is -2.27. The zero-order chi connectivity index (χ0) is 27.2.